The average Bonchev–Trinajstić information content (AvgIpc) is 2.08. The molecule has 1 fully saturated rings. The van der Waals surface area contributed by atoms with Crippen LogP contribution in [0.15, 0.2) is 0 Å². The summed E-state index contributed by atoms with van der Waals surface area (Å²) in [6.45, 7) is 7.22. The molecule has 6 heteroatoms. The third-order valence-electron chi connectivity index (χ3n) is 3.30. The molecule has 0 spiro atoms. The largest absolute Gasteiger partial charge is 0.359 e. The van der Waals surface area contributed by atoms with Crippen LogP contribution in [0.2, 0.25) is 18.3 Å². The highest BCUT2D eigenvalue weighted by Gasteiger charge is 2.46. The fourth-order valence-corrected chi connectivity index (χ4v) is 2.62. The minimum absolute atomic E-state index is 0.0821. The van der Waals surface area contributed by atoms with Gasteiger partial charge in [0.1, 0.15) is 6.71 Å². The molecule has 2 atom stereocenters. The molecule has 1 heterocycles. The Morgan fingerprint density at radius 3 is 1.75 bits per heavy atom. The number of rotatable bonds is 0. The normalized spacial score (nSPS) is 33.0. The van der Waals surface area contributed by atoms with Gasteiger partial charge in [0, 0.05) is 0 Å². The first-order chi connectivity index (χ1) is 5.46. The van der Waals surface area contributed by atoms with Crippen molar-refractivity contribution in [3.05, 3.63) is 0 Å². The van der Waals surface area contributed by atoms with E-state index in [0.29, 0.717) is 18.1 Å². The molecular formula is C6H14B3Cl2N. The summed E-state index contributed by atoms with van der Waals surface area (Å²) in [6.07, 6.45) is 0.164. The first-order valence-electron chi connectivity index (χ1n) is 4.47. The lowest BCUT2D eigenvalue weighted by atomic mass is 9.19. The first-order valence-corrected chi connectivity index (χ1v) is 5.34. The second-order valence-corrected chi connectivity index (χ2v) is 4.88. The molecule has 1 saturated heterocycles. The minimum Gasteiger partial charge on any atom is -0.359 e. The Labute approximate surface area is 86.3 Å². The quantitative estimate of drug-likeness (QED) is 0.547. The molecule has 0 aromatic rings. The number of nitrogens with zero attached hydrogens (tertiary/aromatic N) is 1. The molecule has 1 rings (SSSR count). The van der Waals surface area contributed by atoms with E-state index in [1.165, 1.54) is 0 Å². The predicted molar refractivity (Wildman–Crippen MR) is 61.4 cm³/mol. The van der Waals surface area contributed by atoms with E-state index < -0.39 is 0 Å². The molecule has 0 aromatic heterocycles. The maximum absolute atomic E-state index is 6.21. The fraction of sp³-hybridized carbons (Fsp3) is 1.00. The zero-order valence-electron chi connectivity index (χ0n) is 8.09. The molecule has 0 radical (unpaired) electrons. The molecule has 1 aliphatic rings. The first kappa shape index (κ1) is 10.8. The molecule has 0 amide bonds. The molecule has 0 saturated carbocycles. The van der Waals surface area contributed by atoms with Crippen LogP contribution in [0.1, 0.15) is 13.8 Å². The second-order valence-electron chi connectivity index (χ2n) is 3.99. The molecule has 1 nitrogen and oxygen atoms in total. The molecule has 1 aliphatic heterocycles. The average molecular weight is 204 g/mol. The fourth-order valence-electron chi connectivity index (χ4n) is 1.86. The van der Waals surface area contributed by atoms with Crippen molar-refractivity contribution < 1.29 is 0 Å². The van der Waals surface area contributed by atoms with Crippen LogP contribution in [0, 0.1) is 0 Å². The van der Waals surface area contributed by atoms with Gasteiger partial charge in [-0.2, -0.15) is 22.9 Å². The maximum atomic E-state index is 6.21. The van der Waals surface area contributed by atoms with Gasteiger partial charge in [-0.3, -0.25) is 0 Å². The molecule has 12 heavy (non-hydrogen) atoms. The van der Waals surface area contributed by atoms with Crippen molar-refractivity contribution in [1.82, 2.24) is 4.72 Å². The van der Waals surface area contributed by atoms with E-state index in [2.05, 4.69) is 25.4 Å². The smallest absolute Gasteiger partial charge is 0.316 e. The monoisotopic (exact) mass is 203 g/mol. The Kier molecular flexibility index (Phi) is 3.47. The summed E-state index contributed by atoms with van der Waals surface area (Å²) in [4.78, 5) is 0. The Morgan fingerprint density at radius 1 is 1.08 bits per heavy atom. The zero-order valence-corrected chi connectivity index (χ0v) is 9.60. The Balaban J connectivity index is 2.76. The summed E-state index contributed by atoms with van der Waals surface area (Å²) in [6, 6.07) is 0. The van der Waals surface area contributed by atoms with E-state index >= 15 is 0 Å². The van der Waals surface area contributed by atoms with Crippen molar-refractivity contribution in [3.63, 3.8) is 0 Å². The summed E-state index contributed by atoms with van der Waals surface area (Å²) in [5, 5.41) is 0. The second kappa shape index (κ2) is 3.85. The van der Waals surface area contributed by atoms with Crippen molar-refractivity contribution in [2.45, 2.75) is 32.1 Å². The molecule has 66 valence electrons. The van der Waals surface area contributed by atoms with Crippen molar-refractivity contribution >= 4 is 42.2 Å². The highest BCUT2D eigenvalue weighted by molar-refractivity contribution is 7.24. The van der Waals surface area contributed by atoms with Crippen molar-refractivity contribution in [3.8, 4) is 0 Å². The van der Waals surface area contributed by atoms with Gasteiger partial charge in [0.25, 0.3) is 0 Å². The topological polar surface area (TPSA) is 3.24 Å². The van der Waals surface area contributed by atoms with Crippen LogP contribution in [0.3, 0.4) is 0 Å². The lowest BCUT2D eigenvalue weighted by Gasteiger charge is -2.40. The van der Waals surface area contributed by atoms with Crippen LogP contribution >= 0.6 is 22.9 Å². The molecule has 0 aromatic carbocycles. The summed E-state index contributed by atoms with van der Waals surface area (Å²) in [7, 11) is 1.99. The third-order valence-corrected chi connectivity index (χ3v) is 4.72. The third kappa shape index (κ3) is 1.66. The van der Waals surface area contributed by atoms with Gasteiger partial charge < -0.3 is 4.72 Å². The number of hydrogen-bond donors (Lipinski definition) is 0. The SMILES string of the molecule is CB1C(C)B(Cl)N(C)B(Cl)C1C. The van der Waals surface area contributed by atoms with Crippen LogP contribution < -0.4 is 0 Å². The van der Waals surface area contributed by atoms with Crippen molar-refractivity contribution in [2.75, 3.05) is 7.05 Å². The molecular weight excluding hydrogens is 189 g/mol. The lowest BCUT2D eigenvalue weighted by molar-refractivity contribution is 0.783. The van der Waals surface area contributed by atoms with E-state index in [0.717, 1.165) is 0 Å². The van der Waals surface area contributed by atoms with Crippen molar-refractivity contribution in [1.29, 1.82) is 0 Å². The predicted octanol–water partition coefficient (Wildman–Crippen LogP) is 2.37. The molecule has 0 bridgehead atoms. The van der Waals surface area contributed by atoms with Gasteiger partial charge in [0.05, 0.1) is 0 Å². The van der Waals surface area contributed by atoms with Crippen LogP contribution in [-0.4, -0.2) is 31.0 Å². The summed E-state index contributed by atoms with van der Waals surface area (Å²) >= 11 is 12.4. The molecule has 0 aliphatic carbocycles. The van der Waals surface area contributed by atoms with Crippen LogP contribution in [0.25, 0.3) is 0 Å². The zero-order chi connectivity index (χ0) is 9.46. The number of halogens is 2. The summed E-state index contributed by atoms with van der Waals surface area (Å²) in [5.41, 5.74) is 1.03. The van der Waals surface area contributed by atoms with E-state index in [-0.39, 0.29) is 12.5 Å². The minimum atomic E-state index is 0.0821. The van der Waals surface area contributed by atoms with E-state index in [1.54, 1.807) is 0 Å². The highest BCUT2D eigenvalue weighted by atomic mass is 35.5. The lowest BCUT2D eigenvalue weighted by Crippen LogP contribution is -2.56. The van der Waals surface area contributed by atoms with Gasteiger partial charge >= 0.3 is 12.5 Å². The van der Waals surface area contributed by atoms with Gasteiger partial charge in [-0.15, -0.1) is 0 Å². The van der Waals surface area contributed by atoms with E-state index in [9.17, 15) is 0 Å². The summed E-state index contributed by atoms with van der Waals surface area (Å²) in [5.74, 6) is 0. The van der Waals surface area contributed by atoms with Gasteiger partial charge in [-0.25, -0.2) is 0 Å². The van der Waals surface area contributed by atoms with Crippen LogP contribution in [0.5, 0.6) is 0 Å². The van der Waals surface area contributed by atoms with E-state index in [4.69, 9.17) is 22.9 Å². The Morgan fingerprint density at radius 2 is 1.42 bits per heavy atom. The van der Waals surface area contributed by atoms with Crippen molar-refractivity contribution in [2.24, 2.45) is 0 Å². The summed E-state index contributed by atoms with van der Waals surface area (Å²) < 4.78 is 2.05. The number of hydrogen-bond acceptors (Lipinski definition) is 1. The maximum Gasteiger partial charge on any atom is 0.316 e. The molecule has 0 N–H and O–H groups in total. The Hall–Kier alpha value is 0.735. The van der Waals surface area contributed by atoms with Crippen LogP contribution in [0.4, 0.5) is 0 Å². The van der Waals surface area contributed by atoms with Gasteiger partial charge in [0.2, 0.25) is 0 Å². The Bertz CT molecular complexity index is 112. The standard InChI is InChI=1S/C6H14B3Cl2N/c1-5-7(3)6(2)9(11)12(4)8(5)10/h5-6H,1-4H3. The van der Waals surface area contributed by atoms with Crippen LogP contribution in [-0.2, 0) is 0 Å². The molecule has 2 unspecified atom stereocenters. The van der Waals surface area contributed by atoms with Gasteiger partial charge in [-0.1, -0.05) is 32.1 Å². The van der Waals surface area contributed by atoms with Gasteiger partial charge in [-0.05, 0) is 7.05 Å². The van der Waals surface area contributed by atoms with Gasteiger partial charge in [0.15, 0.2) is 0 Å². The highest BCUT2D eigenvalue weighted by Crippen LogP contribution is 2.36. The van der Waals surface area contributed by atoms with E-state index in [1.807, 2.05) is 7.05 Å².